The molecule has 4 rings (SSSR count). The molecule has 3 heterocycles. The van der Waals surface area contributed by atoms with E-state index in [-0.39, 0.29) is 17.5 Å². The highest BCUT2D eigenvalue weighted by Crippen LogP contribution is 2.35. The number of halogens is 1. The van der Waals surface area contributed by atoms with Gasteiger partial charge in [-0.3, -0.25) is 4.79 Å². The Balaban J connectivity index is 1.75. The summed E-state index contributed by atoms with van der Waals surface area (Å²) in [6, 6.07) is 15.8. The van der Waals surface area contributed by atoms with Crippen LogP contribution >= 0.6 is 23.1 Å². The van der Waals surface area contributed by atoms with E-state index in [0.717, 1.165) is 16.3 Å². The highest BCUT2D eigenvalue weighted by atomic mass is 32.2. The molecule has 0 bridgehead atoms. The second-order valence-corrected chi connectivity index (χ2v) is 8.76. The van der Waals surface area contributed by atoms with Crippen molar-refractivity contribution in [3.63, 3.8) is 0 Å². The molecular weight excluding hydrogens is 431 g/mol. The van der Waals surface area contributed by atoms with Crippen LogP contribution in [0.5, 0.6) is 0 Å². The number of thiophene rings is 1. The maximum absolute atomic E-state index is 13.4. The van der Waals surface area contributed by atoms with E-state index in [1.165, 1.54) is 39.9 Å². The van der Waals surface area contributed by atoms with Crippen LogP contribution in [-0.2, 0) is 0 Å². The van der Waals surface area contributed by atoms with Gasteiger partial charge in [0.1, 0.15) is 16.9 Å². The zero-order valence-corrected chi connectivity index (χ0v) is 18.4. The molecule has 0 saturated carbocycles. The van der Waals surface area contributed by atoms with Gasteiger partial charge in [-0.2, -0.15) is 10.4 Å². The molecule has 154 valence electrons. The molecule has 0 radical (unpaired) electrons. The van der Waals surface area contributed by atoms with E-state index in [2.05, 4.69) is 16.2 Å². The summed E-state index contributed by atoms with van der Waals surface area (Å²) >= 11 is 2.74. The van der Waals surface area contributed by atoms with E-state index in [0.29, 0.717) is 27.4 Å². The summed E-state index contributed by atoms with van der Waals surface area (Å²) in [4.78, 5) is 18.3. The van der Waals surface area contributed by atoms with E-state index in [1.54, 1.807) is 12.1 Å². The molecule has 0 aliphatic carbocycles. The number of carbonyl (C=O) groups is 1. The fourth-order valence-corrected chi connectivity index (χ4v) is 4.75. The zero-order chi connectivity index (χ0) is 22.0. The molecular formula is C23H17FN4OS2. The number of hydrogen-bond donors (Lipinski definition) is 0. The Morgan fingerprint density at radius 2 is 2.00 bits per heavy atom. The number of nitrogens with zero attached hydrogens (tertiary/aromatic N) is 4. The lowest BCUT2D eigenvalue weighted by atomic mass is 10.0. The first-order chi connectivity index (χ1) is 15.0. The van der Waals surface area contributed by atoms with Gasteiger partial charge in [-0.05, 0) is 55.1 Å². The van der Waals surface area contributed by atoms with Crippen molar-refractivity contribution in [1.29, 1.82) is 5.26 Å². The Morgan fingerprint density at radius 1 is 1.23 bits per heavy atom. The largest absolute Gasteiger partial charge is 0.272 e. The fraction of sp³-hybridized carbons (Fsp3) is 0.130. The predicted octanol–water partition coefficient (Wildman–Crippen LogP) is 5.73. The highest BCUT2D eigenvalue weighted by molar-refractivity contribution is 8.00. The van der Waals surface area contributed by atoms with E-state index >= 15 is 0 Å². The molecule has 0 aliphatic rings. The lowest BCUT2D eigenvalue weighted by Crippen LogP contribution is -2.16. The van der Waals surface area contributed by atoms with Gasteiger partial charge in [0.05, 0.1) is 27.6 Å². The first-order valence-corrected chi connectivity index (χ1v) is 11.3. The van der Waals surface area contributed by atoms with Crippen LogP contribution in [0.2, 0.25) is 0 Å². The molecule has 0 spiro atoms. The van der Waals surface area contributed by atoms with Crippen LogP contribution in [0.4, 0.5) is 4.39 Å². The van der Waals surface area contributed by atoms with Crippen LogP contribution < -0.4 is 0 Å². The van der Waals surface area contributed by atoms with Gasteiger partial charge in [0, 0.05) is 11.3 Å². The van der Waals surface area contributed by atoms with E-state index in [9.17, 15) is 14.4 Å². The van der Waals surface area contributed by atoms with Crippen molar-refractivity contribution in [2.45, 2.75) is 18.9 Å². The van der Waals surface area contributed by atoms with Crippen LogP contribution in [-0.4, -0.2) is 26.4 Å². The Hall–Kier alpha value is -3.28. The summed E-state index contributed by atoms with van der Waals surface area (Å²) in [6.45, 7) is 3.66. The molecule has 0 unspecified atom stereocenters. The Morgan fingerprint density at radius 3 is 2.61 bits per heavy atom. The van der Waals surface area contributed by atoms with Crippen LogP contribution in [0, 0.1) is 31.0 Å². The molecule has 1 aromatic carbocycles. The van der Waals surface area contributed by atoms with Gasteiger partial charge in [-0.15, -0.1) is 11.3 Å². The minimum Gasteiger partial charge on any atom is -0.272 e. The van der Waals surface area contributed by atoms with Crippen molar-refractivity contribution in [3.8, 4) is 27.8 Å². The number of aryl methyl sites for hydroxylation is 2. The summed E-state index contributed by atoms with van der Waals surface area (Å²) in [6.07, 6.45) is 0. The SMILES string of the molecule is Cc1cc(C)n(C(=O)CSc2nc(-c3cccs3)cc(-c3ccc(F)cc3)c2C#N)n1. The zero-order valence-electron chi connectivity index (χ0n) is 16.8. The van der Waals surface area contributed by atoms with Crippen molar-refractivity contribution in [2.75, 3.05) is 5.75 Å². The van der Waals surface area contributed by atoms with Crippen LogP contribution in [0.25, 0.3) is 21.7 Å². The topological polar surface area (TPSA) is 71.6 Å². The third-order valence-corrected chi connectivity index (χ3v) is 6.46. The number of benzene rings is 1. The third-order valence-electron chi connectivity index (χ3n) is 4.61. The quantitative estimate of drug-likeness (QED) is 0.364. The second-order valence-electron chi connectivity index (χ2n) is 6.85. The number of rotatable bonds is 5. The molecule has 5 nitrogen and oxygen atoms in total. The molecule has 0 amide bonds. The van der Waals surface area contributed by atoms with Crippen LogP contribution in [0.3, 0.4) is 0 Å². The predicted molar refractivity (Wildman–Crippen MR) is 121 cm³/mol. The average Bonchev–Trinajstić information content (AvgIpc) is 3.41. The van der Waals surface area contributed by atoms with Crippen molar-refractivity contribution < 1.29 is 9.18 Å². The molecule has 0 atom stereocenters. The number of nitriles is 1. The van der Waals surface area contributed by atoms with E-state index in [4.69, 9.17) is 0 Å². The van der Waals surface area contributed by atoms with E-state index < -0.39 is 0 Å². The number of aromatic nitrogens is 3. The number of thioether (sulfide) groups is 1. The first-order valence-electron chi connectivity index (χ1n) is 9.40. The molecule has 0 aliphatic heterocycles. The second kappa shape index (κ2) is 8.84. The van der Waals surface area contributed by atoms with Gasteiger partial charge in [0.15, 0.2) is 0 Å². The first kappa shape index (κ1) is 21.0. The monoisotopic (exact) mass is 448 g/mol. The molecule has 0 saturated heterocycles. The Kier molecular flexibility index (Phi) is 5.98. The van der Waals surface area contributed by atoms with Gasteiger partial charge < -0.3 is 0 Å². The number of hydrogen-bond acceptors (Lipinski definition) is 6. The maximum Gasteiger partial charge on any atom is 0.257 e. The Labute approximate surface area is 187 Å². The summed E-state index contributed by atoms with van der Waals surface area (Å²) in [5.41, 5.74) is 3.96. The van der Waals surface area contributed by atoms with Crippen LogP contribution in [0.15, 0.2) is 58.9 Å². The number of pyridine rings is 1. The van der Waals surface area contributed by atoms with Crippen molar-refractivity contribution in [2.24, 2.45) is 0 Å². The van der Waals surface area contributed by atoms with Gasteiger partial charge >= 0.3 is 0 Å². The van der Waals surface area contributed by atoms with Gasteiger partial charge in [-0.25, -0.2) is 14.1 Å². The fourth-order valence-electron chi connectivity index (χ4n) is 3.21. The molecule has 31 heavy (non-hydrogen) atoms. The van der Waals surface area contributed by atoms with Gasteiger partial charge in [0.25, 0.3) is 5.91 Å². The lowest BCUT2D eigenvalue weighted by molar-refractivity contribution is 0.0924. The molecule has 8 heteroatoms. The molecule has 4 aromatic rings. The summed E-state index contributed by atoms with van der Waals surface area (Å²) < 4.78 is 14.8. The van der Waals surface area contributed by atoms with Crippen LogP contribution in [0.1, 0.15) is 21.7 Å². The van der Waals surface area contributed by atoms with Crippen molar-refractivity contribution >= 4 is 29.0 Å². The molecule has 0 fully saturated rings. The standard InChI is InChI=1S/C23H17FN4OS2/c1-14-10-15(2)28(27-14)22(29)13-31-23-19(12-25)18(16-5-7-17(24)8-6-16)11-20(26-23)21-4-3-9-30-21/h3-11H,13H2,1-2H3. The average molecular weight is 449 g/mol. The maximum atomic E-state index is 13.4. The molecule has 3 aromatic heterocycles. The van der Waals surface area contributed by atoms with Crippen molar-refractivity contribution in [3.05, 3.63) is 76.7 Å². The third kappa shape index (κ3) is 4.43. The molecule has 0 N–H and O–H groups in total. The number of carbonyl (C=O) groups excluding carboxylic acids is 1. The van der Waals surface area contributed by atoms with Crippen molar-refractivity contribution in [1.82, 2.24) is 14.8 Å². The minimum atomic E-state index is -0.347. The minimum absolute atomic E-state index is 0.0837. The smallest absolute Gasteiger partial charge is 0.257 e. The Bertz CT molecular complexity index is 1290. The highest BCUT2D eigenvalue weighted by Gasteiger charge is 2.18. The normalized spacial score (nSPS) is 10.8. The lowest BCUT2D eigenvalue weighted by Gasteiger charge is -2.12. The summed E-state index contributed by atoms with van der Waals surface area (Å²) in [7, 11) is 0. The summed E-state index contributed by atoms with van der Waals surface area (Å²) in [5, 5.41) is 16.5. The van der Waals surface area contributed by atoms with E-state index in [1.807, 2.05) is 43.5 Å². The summed E-state index contributed by atoms with van der Waals surface area (Å²) in [5.74, 6) is -0.452. The van der Waals surface area contributed by atoms with Gasteiger partial charge in [-0.1, -0.05) is 30.0 Å². The van der Waals surface area contributed by atoms with Gasteiger partial charge in [0.2, 0.25) is 0 Å².